The molecular weight excluding hydrogens is 238 g/mol. The molecule has 2 heterocycles. The fourth-order valence-electron chi connectivity index (χ4n) is 2.33. The molecule has 0 amide bonds. The molecule has 1 unspecified atom stereocenters. The molecule has 0 radical (unpaired) electrons. The molecule has 5 heteroatoms. The maximum atomic E-state index is 5.73. The van der Waals surface area contributed by atoms with Crippen LogP contribution in [0.1, 0.15) is 17.4 Å². The summed E-state index contributed by atoms with van der Waals surface area (Å²) in [5, 5.41) is 1.08. The number of benzene rings is 1. The van der Waals surface area contributed by atoms with Crippen molar-refractivity contribution in [2.45, 2.75) is 6.04 Å². The van der Waals surface area contributed by atoms with Crippen LogP contribution in [-0.4, -0.2) is 14.5 Å². The van der Waals surface area contributed by atoms with Gasteiger partial charge in [-0.2, -0.15) is 0 Å². The van der Waals surface area contributed by atoms with Crippen molar-refractivity contribution in [1.29, 1.82) is 0 Å². The molecule has 19 heavy (non-hydrogen) atoms. The summed E-state index contributed by atoms with van der Waals surface area (Å²) in [6.07, 6.45) is 5.47. The molecule has 0 spiro atoms. The number of nitrogens with one attached hydrogen (secondary N) is 1. The van der Waals surface area contributed by atoms with Gasteiger partial charge in [-0.15, -0.1) is 0 Å². The second-order valence-electron chi connectivity index (χ2n) is 4.41. The Kier molecular flexibility index (Phi) is 2.98. The van der Waals surface area contributed by atoms with Crippen LogP contribution in [0.25, 0.3) is 10.9 Å². The highest BCUT2D eigenvalue weighted by atomic mass is 15.3. The molecule has 1 aromatic carbocycles. The number of aryl methyl sites for hydroxylation is 1. The predicted molar refractivity (Wildman–Crippen MR) is 74.1 cm³/mol. The zero-order valence-corrected chi connectivity index (χ0v) is 10.6. The topological polar surface area (TPSA) is 68.8 Å². The summed E-state index contributed by atoms with van der Waals surface area (Å²) in [6.45, 7) is 0. The van der Waals surface area contributed by atoms with Gasteiger partial charge in [-0.05, 0) is 17.7 Å². The molecule has 0 bridgehead atoms. The van der Waals surface area contributed by atoms with Crippen LogP contribution in [0.15, 0.2) is 48.9 Å². The normalized spacial score (nSPS) is 12.7. The lowest BCUT2D eigenvalue weighted by Gasteiger charge is -2.17. The number of hydrogen-bond acceptors (Lipinski definition) is 4. The first-order valence-corrected chi connectivity index (χ1v) is 6.08. The first-order chi connectivity index (χ1) is 9.31. The Morgan fingerprint density at radius 3 is 2.74 bits per heavy atom. The van der Waals surface area contributed by atoms with Crippen LogP contribution in [0, 0.1) is 0 Å². The van der Waals surface area contributed by atoms with E-state index >= 15 is 0 Å². The van der Waals surface area contributed by atoms with Crippen molar-refractivity contribution in [3.8, 4) is 0 Å². The molecule has 1 atom stereocenters. The van der Waals surface area contributed by atoms with Gasteiger partial charge in [0.1, 0.15) is 11.9 Å². The second kappa shape index (κ2) is 4.79. The first-order valence-electron chi connectivity index (χ1n) is 6.08. The van der Waals surface area contributed by atoms with E-state index in [4.69, 9.17) is 5.84 Å². The van der Waals surface area contributed by atoms with E-state index < -0.39 is 0 Å². The van der Waals surface area contributed by atoms with Gasteiger partial charge >= 0.3 is 0 Å². The van der Waals surface area contributed by atoms with E-state index in [1.165, 1.54) is 0 Å². The van der Waals surface area contributed by atoms with Gasteiger partial charge in [0.2, 0.25) is 0 Å². The smallest absolute Gasteiger partial charge is 0.131 e. The minimum Gasteiger partial charge on any atom is -0.336 e. The van der Waals surface area contributed by atoms with Crippen molar-refractivity contribution in [2.24, 2.45) is 12.9 Å². The Morgan fingerprint density at radius 2 is 2.00 bits per heavy atom. The summed E-state index contributed by atoms with van der Waals surface area (Å²) in [7, 11) is 1.95. The Bertz CT molecular complexity index is 698. The van der Waals surface area contributed by atoms with Crippen LogP contribution >= 0.6 is 0 Å². The number of nitrogens with zero attached hydrogens (tertiary/aromatic N) is 3. The highest BCUT2D eigenvalue weighted by Crippen LogP contribution is 2.26. The lowest BCUT2D eigenvalue weighted by Crippen LogP contribution is -2.31. The number of aromatic nitrogens is 3. The molecule has 0 saturated heterocycles. The van der Waals surface area contributed by atoms with E-state index in [0.717, 1.165) is 22.3 Å². The Balaban J connectivity index is 2.20. The maximum Gasteiger partial charge on any atom is 0.131 e. The number of para-hydroxylation sites is 1. The molecule has 0 fully saturated rings. The minimum atomic E-state index is -0.159. The van der Waals surface area contributed by atoms with E-state index in [9.17, 15) is 0 Å². The van der Waals surface area contributed by atoms with Crippen molar-refractivity contribution >= 4 is 10.9 Å². The van der Waals surface area contributed by atoms with Gasteiger partial charge in [-0.25, -0.2) is 10.4 Å². The number of hydrazine groups is 1. The largest absolute Gasteiger partial charge is 0.336 e. The van der Waals surface area contributed by atoms with Crippen molar-refractivity contribution in [3.05, 3.63) is 60.3 Å². The van der Waals surface area contributed by atoms with Crippen molar-refractivity contribution in [1.82, 2.24) is 20.0 Å². The third-order valence-corrected chi connectivity index (χ3v) is 3.28. The molecule has 96 valence electrons. The zero-order chi connectivity index (χ0) is 13.2. The van der Waals surface area contributed by atoms with Gasteiger partial charge in [0.15, 0.2) is 0 Å². The number of hydrogen-bond donors (Lipinski definition) is 2. The fraction of sp³-hybridized carbons (Fsp3) is 0.143. The lowest BCUT2D eigenvalue weighted by atomic mass is 10.0. The molecule has 0 aliphatic carbocycles. The van der Waals surface area contributed by atoms with Gasteiger partial charge in [0.05, 0.1) is 5.52 Å². The quantitative estimate of drug-likeness (QED) is 0.548. The van der Waals surface area contributed by atoms with Crippen molar-refractivity contribution < 1.29 is 0 Å². The molecule has 0 aliphatic rings. The van der Waals surface area contributed by atoms with Gasteiger partial charge in [0, 0.05) is 31.0 Å². The summed E-state index contributed by atoms with van der Waals surface area (Å²) in [6, 6.07) is 9.83. The summed E-state index contributed by atoms with van der Waals surface area (Å²) in [5.41, 5.74) is 4.87. The molecule has 0 aliphatic heterocycles. The van der Waals surface area contributed by atoms with E-state index in [1.807, 2.05) is 48.1 Å². The van der Waals surface area contributed by atoms with Crippen LogP contribution in [0.2, 0.25) is 0 Å². The molecule has 0 saturated carbocycles. The minimum absolute atomic E-state index is 0.159. The molecule has 3 rings (SSSR count). The summed E-state index contributed by atoms with van der Waals surface area (Å²) >= 11 is 0. The van der Waals surface area contributed by atoms with Crippen LogP contribution in [0.5, 0.6) is 0 Å². The summed E-state index contributed by atoms with van der Waals surface area (Å²) in [5.74, 6) is 6.61. The standard InChI is InChI=1S/C14H15N5/c1-19-9-8-17-14(19)13(18-15)11-6-7-16-12-5-3-2-4-10(11)12/h2-9,13,18H,15H2,1H3. The summed E-state index contributed by atoms with van der Waals surface area (Å²) < 4.78 is 1.96. The zero-order valence-electron chi connectivity index (χ0n) is 10.6. The second-order valence-corrected chi connectivity index (χ2v) is 4.41. The molecule has 2 aromatic heterocycles. The number of imidazole rings is 1. The van der Waals surface area contributed by atoms with Crippen LogP contribution < -0.4 is 11.3 Å². The first kappa shape index (κ1) is 11.8. The average Bonchev–Trinajstić information content (AvgIpc) is 2.86. The number of nitrogens with two attached hydrogens (primary N) is 1. The Morgan fingerprint density at radius 1 is 1.16 bits per heavy atom. The third-order valence-electron chi connectivity index (χ3n) is 3.28. The molecular formula is C14H15N5. The van der Waals surface area contributed by atoms with Gasteiger partial charge < -0.3 is 4.57 Å². The predicted octanol–water partition coefficient (Wildman–Crippen LogP) is 1.52. The van der Waals surface area contributed by atoms with Crippen LogP contribution in [0.4, 0.5) is 0 Å². The van der Waals surface area contributed by atoms with E-state index in [-0.39, 0.29) is 6.04 Å². The van der Waals surface area contributed by atoms with Crippen molar-refractivity contribution in [2.75, 3.05) is 0 Å². The van der Waals surface area contributed by atoms with Gasteiger partial charge in [-0.1, -0.05) is 18.2 Å². The Hall–Kier alpha value is -2.24. The van der Waals surface area contributed by atoms with Crippen LogP contribution in [0.3, 0.4) is 0 Å². The third kappa shape index (κ3) is 1.99. The van der Waals surface area contributed by atoms with Crippen LogP contribution in [-0.2, 0) is 7.05 Å². The van der Waals surface area contributed by atoms with E-state index in [2.05, 4.69) is 15.4 Å². The number of pyridine rings is 1. The molecule has 5 nitrogen and oxygen atoms in total. The van der Waals surface area contributed by atoms with Gasteiger partial charge in [-0.3, -0.25) is 10.8 Å². The number of fused-ring (bicyclic) bond motifs is 1. The van der Waals surface area contributed by atoms with Crippen molar-refractivity contribution in [3.63, 3.8) is 0 Å². The molecule has 3 aromatic rings. The highest BCUT2D eigenvalue weighted by Gasteiger charge is 2.18. The lowest BCUT2D eigenvalue weighted by molar-refractivity contribution is 0.583. The SMILES string of the molecule is Cn1ccnc1C(NN)c1ccnc2ccccc12. The highest BCUT2D eigenvalue weighted by molar-refractivity contribution is 5.82. The van der Waals surface area contributed by atoms with E-state index in [1.54, 1.807) is 12.4 Å². The van der Waals surface area contributed by atoms with E-state index in [0.29, 0.717) is 0 Å². The Labute approximate surface area is 111 Å². The van der Waals surface area contributed by atoms with Gasteiger partial charge in [0.25, 0.3) is 0 Å². The number of rotatable bonds is 3. The fourth-order valence-corrected chi connectivity index (χ4v) is 2.33. The summed E-state index contributed by atoms with van der Waals surface area (Å²) in [4.78, 5) is 8.74. The molecule has 3 N–H and O–H groups in total. The monoisotopic (exact) mass is 253 g/mol. The average molecular weight is 253 g/mol. The maximum absolute atomic E-state index is 5.73.